The van der Waals surface area contributed by atoms with Crippen molar-refractivity contribution in [1.82, 2.24) is 0 Å². The van der Waals surface area contributed by atoms with E-state index in [9.17, 15) is 4.79 Å². The third-order valence-electron chi connectivity index (χ3n) is 3.67. The van der Waals surface area contributed by atoms with Gasteiger partial charge in [-0.2, -0.15) is 0 Å². The van der Waals surface area contributed by atoms with E-state index >= 15 is 0 Å². The van der Waals surface area contributed by atoms with Crippen LogP contribution in [0, 0.1) is 17.8 Å². The van der Waals surface area contributed by atoms with Crippen molar-refractivity contribution < 1.29 is 9.53 Å². The lowest BCUT2D eigenvalue weighted by molar-refractivity contribution is -0.146. The zero-order valence-corrected chi connectivity index (χ0v) is 9.00. The summed E-state index contributed by atoms with van der Waals surface area (Å²) in [5.41, 5.74) is 0. The van der Waals surface area contributed by atoms with Gasteiger partial charge in [-0.15, -0.1) is 0 Å². The monoisotopic (exact) mass is 196 g/mol. The fraction of sp³-hybridized carbons (Fsp3) is 0.917. The van der Waals surface area contributed by atoms with Crippen LogP contribution in [0.1, 0.15) is 45.4 Å². The smallest absolute Gasteiger partial charge is 0.309 e. The quantitative estimate of drug-likeness (QED) is 0.510. The van der Waals surface area contributed by atoms with E-state index < -0.39 is 0 Å². The van der Waals surface area contributed by atoms with E-state index in [0.717, 1.165) is 12.8 Å². The van der Waals surface area contributed by atoms with Gasteiger partial charge in [0.25, 0.3) is 0 Å². The molecule has 0 N–H and O–H groups in total. The van der Waals surface area contributed by atoms with Crippen LogP contribution >= 0.6 is 0 Å². The Morgan fingerprint density at radius 2 is 1.93 bits per heavy atom. The fourth-order valence-corrected chi connectivity index (χ4v) is 2.76. The molecule has 0 amide bonds. The van der Waals surface area contributed by atoms with Crippen LogP contribution in [0.5, 0.6) is 0 Å². The molecule has 0 aromatic rings. The van der Waals surface area contributed by atoms with Gasteiger partial charge in [-0.1, -0.05) is 26.2 Å². The van der Waals surface area contributed by atoms with Crippen LogP contribution < -0.4 is 0 Å². The largest absolute Gasteiger partial charge is 0.465 e. The van der Waals surface area contributed by atoms with Crippen LogP contribution in [0.15, 0.2) is 0 Å². The standard InChI is InChI=1S/C12H20O2/c1-2-3-8-14-12(13)11-9-6-4-5-7-10(9)11/h9-11H,2-8H2,1H3. The number of ether oxygens (including phenoxy) is 1. The van der Waals surface area contributed by atoms with E-state index in [4.69, 9.17) is 4.74 Å². The highest BCUT2D eigenvalue weighted by Gasteiger charge is 2.55. The van der Waals surface area contributed by atoms with Crippen molar-refractivity contribution in [2.24, 2.45) is 17.8 Å². The van der Waals surface area contributed by atoms with Crippen LogP contribution in [-0.2, 0) is 9.53 Å². The lowest BCUT2D eigenvalue weighted by atomic mass is 10.0. The summed E-state index contributed by atoms with van der Waals surface area (Å²) in [6.07, 6.45) is 7.27. The predicted molar refractivity (Wildman–Crippen MR) is 54.8 cm³/mol. The number of rotatable bonds is 4. The molecular weight excluding hydrogens is 176 g/mol. The molecule has 2 aliphatic rings. The van der Waals surface area contributed by atoms with Gasteiger partial charge in [-0.25, -0.2) is 0 Å². The molecule has 2 fully saturated rings. The van der Waals surface area contributed by atoms with Crippen molar-refractivity contribution in [3.05, 3.63) is 0 Å². The van der Waals surface area contributed by atoms with Crippen LogP contribution in [0.25, 0.3) is 0 Å². The molecule has 0 aromatic carbocycles. The Morgan fingerprint density at radius 3 is 2.50 bits per heavy atom. The van der Waals surface area contributed by atoms with Crippen molar-refractivity contribution in [3.63, 3.8) is 0 Å². The summed E-state index contributed by atoms with van der Waals surface area (Å²) in [6, 6.07) is 0. The SMILES string of the molecule is CCCCOC(=O)C1C2CCCCC21. The Bertz CT molecular complexity index is 200. The van der Waals surface area contributed by atoms with E-state index in [1.54, 1.807) is 0 Å². The number of fused-ring (bicyclic) bond motifs is 1. The molecule has 2 saturated carbocycles. The third kappa shape index (κ3) is 1.94. The topological polar surface area (TPSA) is 26.3 Å². The molecule has 0 spiro atoms. The number of esters is 1. The molecule has 0 saturated heterocycles. The zero-order chi connectivity index (χ0) is 9.97. The molecule has 14 heavy (non-hydrogen) atoms. The summed E-state index contributed by atoms with van der Waals surface area (Å²) in [5, 5.41) is 0. The normalized spacial score (nSPS) is 34.8. The zero-order valence-electron chi connectivity index (χ0n) is 9.00. The van der Waals surface area contributed by atoms with Gasteiger partial charge in [0.15, 0.2) is 0 Å². The number of unbranched alkanes of at least 4 members (excludes halogenated alkanes) is 1. The van der Waals surface area contributed by atoms with Gasteiger partial charge in [0.2, 0.25) is 0 Å². The van der Waals surface area contributed by atoms with E-state index in [2.05, 4.69) is 6.92 Å². The average Bonchev–Trinajstić information content (AvgIpc) is 2.92. The maximum atomic E-state index is 11.6. The van der Waals surface area contributed by atoms with Crippen molar-refractivity contribution in [1.29, 1.82) is 0 Å². The molecule has 2 heteroatoms. The first-order valence-corrected chi connectivity index (χ1v) is 6.01. The van der Waals surface area contributed by atoms with Gasteiger partial charge in [0.05, 0.1) is 12.5 Å². The summed E-state index contributed by atoms with van der Waals surface area (Å²) in [6.45, 7) is 2.75. The maximum Gasteiger partial charge on any atom is 0.309 e. The average molecular weight is 196 g/mol. The van der Waals surface area contributed by atoms with E-state index in [1.165, 1.54) is 25.7 Å². The minimum atomic E-state index is 0.0929. The van der Waals surface area contributed by atoms with Gasteiger partial charge in [-0.3, -0.25) is 4.79 Å². The minimum Gasteiger partial charge on any atom is -0.465 e. The van der Waals surface area contributed by atoms with Gasteiger partial charge in [0, 0.05) is 0 Å². The van der Waals surface area contributed by atoms with Crippen LogP contribution in [0.2, 0.25) is 0 Å². The Hall–Kier alpha value is -0.530. The summed E-state index contributed by atoms with van der Waals surface area (Å²) in [5.74, 6) is 1.76. The van der Waals surface area contributed by atoms with Crippen molar-refractivity contribution >= 4 is 5.97 Å². The van der Waals surface area contributed by atoms with Crippen molar-refractivity contribution in [2.75, 3.05) is 6.61 Å². The molecule has 0 radical (unpaired) electrons. The van der Waals surface area contributed by atoms with Gasteiger partial charge < -0.3 is 4.74 Å². The van der Waals surface area contributed by atoms with E-state index in [-0.39, 0.29) is 11.9 Å². The molecule has 0 heterocycles. The second kappa shape index (κ2) is 4.33. The number of carbonyl (C=O) groups is 1. The molecule has 2 aliphatic carbocycles. The summed E-state index contributed by atoms with van der Waals surface area (Å²) in [4.78, 5) is 11.6. The highest BCUT2D eigenvalue weighted by atomic mass is 16.5. The van der Waals surface area contributed by atoms with Crippen LogP contribution in [-0.4, -0.2) is 12.6 Å². The first-order chi connectivity index (χ1) is 6.84. The van der Waals surface area contributed by atoms with Crippen molar-refractivity contribution in [2.45, 2.75) is 45.4 Å². The van der Waals surface area contributed by atoms with Gasteiger partial charge in [0.1, 0.15) is 0 Å². The molecule has 2 atom stereocenters. The molecule has 2 unspecified atom stereocenters. The Labute approximate surface area is 86.0 Å². The molecular formula is C12H20O2. The lowest BCUT2D eigenvalue weighted by Gasteiger charge is -2.04. The van der Waals surface area contributed by atoms with Crippen LogP contribution in [0.4, 0.5) is 0 Å². The third-order valence-corrected chi connectivity index (χ3v) is 3.67. The maximum absolute atomic E-state index is 11.6. The summed E-state index contributed by atoms with van der Waals surface area (Å²) < 4.78 is 5.26. The summed E-state index contributed by atoms with van der Waals surface area (Å²) in [7, 11) is 0. The second-order valence-electron chi connectivity index (χ2n) is 4.66. The molecule has 0 aliphatic heterocycles. The Morgan fingerprint density at radius 1 is 1.29 bits per heavy atom. The number of hydrogen-bond acceptors (Lipinski definition) is 2. The fourth-order valence-electron chi connectivity index (χ4n) is 2.76. The first kappa shape index (κ1) is 10.0. The number of carbonyl (C=O) groups excluding carboxylic acids is 1. The second-order valence-corrected chi connectivity index (χ2v) is 4.66. The highest BCUT2D eigenvalue weighted by molar-refractivity contribution is 5.76. The Balaban J connectivity index is 1.71. The summed E-state index contributed by atoms with van der Waals surface area (Å²) >= 11 is 0. The van der Waals surface area contributed by atoms with Gasteiger partial charge >= 0.3 is 5.97 Å². The molecule has 80 valence electrons. The van der Waals surface area contributed by atoms with Crippen LogP contribution in [0.3, 0.4) is 0 Å². The highest BCUT2D eigenvalue weighted by Crippen LogP contribution is 2.55. The Kier molecular flexibility index (Phi) is 3.09. The van der Waals surface area contributed by atoms with Crippen molar-refractivity contribution in [3.8, 4) is 0 Å². The number of hydrogen-bond donors (Lipinski definition) is 0. The van der Waals surface area contributed by atoms with Gasteiger partial charge in [-0.05, 0) is 31.1 Å². The lowest BCUT2D eigenvalue weighted by Crippen LogP contribution is -2.09. The molecule has 0 bridgehead atoms. The predicted octanol–water partition coefficient (Wildman–Crippen LogP) is 2.77. The van der Waals surface area contributed by atoms with E-state index in [1.807, 2.05) is 0 Å². The molecule has 2 nitrogen and oxygen atoms in total. The molecule has 2 rings (SSSR count). The first-order valence-electron chi connectivity index (χ1n) is 6.01. The molecule has 0 aromatic heterocycles. The minimum absolute atomic E-state index is 0.0929. The van der Waals surface area contributed by atoms with E-state index in [0.29, 0.717) is 18.4 Å².